The lowest BCUT2D eigenvalue weighted by atomic mass is 9.73. The van der Waals surface area contributed by atoms with Crippen LogP contribution in [0.4, 0.5) is 0 Å². The Kier molecular flexibility index (Phi) is 2.83. The Bertz CT molecular complexity index is 381. The van der Waals surface area contributed by atoms with E-state index < -0.39 is 17.0 Å². The van der Waals surface area contributed by atoms with Crippen LogP contribution in [0.25, 0.3) is 0 Å². The van der Waals surface area contributed by atoms with Crippen molar-refractivity contribution in [3.63, 3.8) is 0 Å². The molecule has 2 rings (SSSR count). The fraction of sp³-hybridized carbons (Fsp3) is 0.385. The molecule has 92 valence electrons. The third kappa shape index (κ3) is 1.79. The zero-order valence-corrected chi connectivity index (χ0v) is 9.32. The van der Waals surface area contributed by atoms with Crippen LogP contribution in [0.2, 0.25) is 0 Å². The summed E-state index contributed by atoms with van der Waals surface area (Å²) in [6.07, 6.45) is 12.3. The summed E-state index contributed by atoms with van der Waals surface area (Å²) in [4.78, 5) is 0. The lowest BCUT2D eigenvalue weighted by molar-refractivity contribution is -0.324. The normalized spacial score (nSPS) is 36.5. The third-order valence-electron chi connectivity index (χ3n) is 3.30. The zero-order chi connectivity index (χ0) is 12.6. The van der Waals surface area contributed by atoms with Crippen LogP contribution < -0.4 is 0 Å². The molecule has 17 heavy (non-hydrogen) atoms. The van der Waals surface area contributed by atoms with E-state index in [1.165, 1.54) is 24.3 Å². The lowest BCUT2D eigenvalue weighted by Gasteiger charge is -2.46. The fourth-order valence-electron chi connectivity index (χ4n) is 2.11. The average Bonchev–Trinajstić information content (AvgIpc) is 2.30. The molecule has 4 N–H and O–H groups in total. The molecule has 2 atom stereocenters. The van der Waals surface area contributed by atoms with Crippen LogP contribution in [0.3, 0.4) is 0 Å². The van der Waals surface area contributed by atoms with E-state index in [1.807, 2.05) is 0 Å². The molecule has 0 aliphatic heterocycles. The van der Waals surface area contributed by atoms with E-state index in [-0.39, 0.29) is 12.8 Å². The van der Waals surface area contributed by atoms with Gasteiger partial charge in [-0.2, -0.15) is 0 Å². The molecule has 0 radical (unpaired) electrons. The molecular weight excluding hydrogens is 220 g/mol. The molecule has 0 unspecified atom stereocenters. The van der Waals surface area contributed by atoms with Crippen molar-refractivity contribution in [2.45, 2.75) is 29.8 Å². The molecular formula is C13H16O4. The van der Waals surface area contributed by atoms with Crippen LogP contribution in [0, 0.1) is 0 Å². The van der Waals surface area contributed by atoms with E-state index in [1.54, 1.807) is 24.3 Å². The van der Waals surface area contributed by atoms with Gasteiger partial charge >= 0.3 is 0 Å². The van der Waals surface area contributed by atoms with Gasteiger partial charge in [-0.1, -0.05) is 36.5 Å². The molecule has 0 spiro atoms. The maximum absolute atomic E-state index is 10.3. The Morgan fingerprint density at radius 3 is 1.47 bits per heavy atom. The van der Waals surface area contributed by atoms with Gasteiger partial charge in [0.1, 0.15) is 11.2 Å². The zero-order valence-electron chi connectivity index (χ0n) is 9.32. The second-order valence-electron chi connectivity index (χ2n) is 4.50. The maximum Gasteiger partial charge on any atom is 0.230 e. The Morgan fingerprint density at radius 2 is 1.18 bits per heavy atom. The molecule has 4 heteroatoms. The SMILES string of the molecule is OC(O)([C@@]1(O)C=CC=CC1)[C@@]1(O)C=CC=CC1. The van der Waals surface area contributed by atoms with Gasteiger partial charge in [0, 0.05) is 12.8 Å². The number of aliphatic hydroxyl groups is 4. The summed E-state index contributed by atoms with van der Waals surface area (Å²) in [5.41, 5.74) is -3.79. The van der Waals surface area contributed by atoms with Crippen molar-refractivity contribution in [1.29, 1.82) is 0 Å². The molecule has 4 nitrogen and oxygen atoms in total. The Balaban J connectivity index is 2.35. The first-order chi connectivity index (χ1) is 7.91. The summed E-state index contributed by atoms with van der Waals surface area (Å²) in [7, 11) is 0. The molecule has 0 aromatic rings. The highest BCUT2D eigenvalue weighted by molar-refractivity contribution is 5.30. The van der Waals surface area contributed by atoms with E-state index in [0.717, 1.165) is 0 Å². The van der Waals surface area contributed by atoms with Crippen molar-refractivity contribution in [2.75, 3.05) is 0 Å². The van der Waals surface area contributed by atoms with Gasteiger partial charge in [0.2, 0.25) is 5.79 Å². The number of rotatable bonds is 2. The summed E-state index contributed by atoms with van der Waals surface area (Å²) in [5, 5.41) is 40.9. The first kappa shape index (κ1) is 12.3. The van der Waals surface area contributed by atoms with Gasteiger partial charge in [0.05, 0.1) is 0 Å². The standard InChI is InChI=1S/C13H16O4/c14-11(7-3-1-4-8-11)13(16,17)12(15)9-5-2-6-10-12/h1-7,9,14-17H,8,10H2/t11-,12-/m1/s1. The van der Waals surface area contributed by atoms with Gasteiger partial charge in [-0.05, 0) is 12.2 Å². The van der Waals surface area contributed by atoms with Crippen LogP contribution >= 0.6 is 0 Å². The highest BCUT2D eigenvalue weighted by atomic mass is 16.6. The Morgan fingerprint density at radius 1 is 0.765 bits per heavy atom. The molecule has 0 amide bonds. The topological polar surface area (TPSA) is 80.9 Å². The van der Waals surface area contributed by atoms with Crippen LogP contribution in [0.5, 0.6) is 0 Å². The molecule has 0 aromatic carbocycles. The molecule has 2 aliphatic carbocycles. The summed E-state index contributed by atoms with van der Waals surface area (Å²) in [5.74, 6) is -2.65. The minimum absolute atomic E-state index is 0.0381. The number of allylic oxidation sites excluding steroid dienone is 4. The van der Waals surface area contributed by atoms with Gasteiger partial charge in [0.15, 0.2) is 0 Å². The van der Waals surface area contributed by atoms with Gasteiger partial charge < -0.3 is 20.4 Å². The van der Waals surface area contributed by atoms with Gasteiger partial charge in [-0.15, -0.1) is 0 Å². The highest BCUT2D eigenvalue weighted by Gasteiger charge is 2.58. The van der Waals surface area contributed by atoms with Crippen molar-refractivity contribution >= 4 is 0 Å². The molecule has 0 fully saturated rings. The number of hydrogen-bond donors (Lipinski definition) is 4. The predicted molar refractivity (Wildman–Crippen MR) is 62.9 cm³/mol. The van der Waals surface area contributed by atoms with Crippen molar-refractivity contribution < 1.29 is 20.4 Å². The Hall–Kier alpha value is -1.20. The van der Waals surface area contributed by atoms with Crippen LogP contribution in [0.1, 0.15) is 12.8 Å². The first-order valence-corrected chi connectivity index (χ1v) is 5.50. The average molecular weight is 236 g/mol. The predicted octanol–water partition coefficient (Wildman–Crippen LogP) is 0.162. The summed E-state index contributed by atoms with van der Waals surface area (Å²) in [6.45, 7) is 0. The van der Waals surface area contributed by atoms with E-state index in [2.05, 4.69) is 0 Å². The van der Waals surface area contributed by atoms with Crippen molar-refractivity contribution in [1.82, 2.24) is 0 Å². The lowest BCUT2D eigenvalue weighted by Crippen LogP contribution is -2.66. The largest absolute Gasteiger partial charge is 0.380 e. The number of hydrogen-bond acceptors (Lipinski definition) is 4. The Labute approximate surface area is 99.5 Å². The third-order valence-corrected chi connectivity index (χ3v) is 3.30. The summed E-state index contributed by atoms with van der Waals surface area (Å²) >= 11 is 0. The first-order valence-electron chi connectivity index (χ1n) is 5.50. The molecule has 0 heterocycles. The second kappa shape index (κ2) is 3.92. The molecule has 0 aromatic heterocycles. The second-order valence-corrected chi connectivity index (χ2v) is 4.50. The molecule has 0 saturated carbocycles. The van der Waals surface area contributed by atoms with E-state index in [4.69, 9.17) is 0 Å². The quantitative estimate of drug-likeness (QED) is 0.515. The maximum atomic E-state index is 10.3. The molecule has 2 aliphatic rings. The van der Waals surface area contributed by atoms with Crippen molar-refractivity contribution in [2.24, 2.45) is 0 Å². The van der Waals surface area contributed by atoms with Gasteiger partial charge in [0.25, 0.3) is 0 Å². The van der Waals surface area contributed by atoms with Crippen molar-refractivity contribution in [3.05, 3.63) is 48.6 Å². The van der Waals surface area contributed by atoms with Gasteiger partial charge in [-0.25, -0.2) is 0 Å². The minimum atomic E-state index is -2.65. The van der Waals surface area contributed by atoms with E-state index >= 15 is 0 Å². The summed E-state index contributed by atoms with van der Waals surface area (Å²) < 4.78 is 0. The van der Waals surface area contributed by atoms with Crippen molar-refractivity contribution in [3.8, 4) is 0 Å². The molecule has 0 saturated heterocycles. The van der Waals surface area contributed by atoms with Crippen LogP contribution in [-0.2, 0) is 0 Å². The van der Waals surface area contributed by atoms with Gasteiger partial charge in [-0.3, -0.25) is 0 Å². The van der Waals surface area contributed by atoms with Crippen LogP contribution in [0.15, 0.2) is 48.6 Å². The molecule has 0 bridgehead atoms. The summed E-state index contributed by atoms with van der Waals surface area (Å²) in [6, 6.07) is 0. The monoisotopic (exact) mass is 236 g/mol. The van der Waals surface area contributed by atoms with E-state index in [0.29, 0.717) is 0 Å². The smallest absolute Gasteiger partial charge is 0.230 e. The minimum Gasteiger partial charge on any atom is -0.380 e. The highest BCUT2D eigenvalue weighted by Crippen LogP contribution is 2.40. The van der Waals surface area contributed by atoms with E-state index in [9.17, 15) is 20.4 Å². The van der Waals surface area contributed by atoms with Crippen LogP contribution in [-0.4, -0.2) is 37.4 Å². The fourth-order valence-corrected chi connectivity index (χ4v) is 2.11.